The molecule has 1 aromatic rings. The number of hydrogen-bond acceptors (Lipinski definition) is 4. The summed E-state index contributed by atoms with van der Waals surface area (Å²) in [7, 11) is 1.92. The highest BCUT2D eigenvalue weighted by atomic mass is 19.1. The third kappa shape index (κ3) is 3.76. The molecule has 136 valence electrons. The van der Waals surface area contributed by atoms with Crippen LogP contribution in [0.1, 0.15) is 25.7 Å². The Hall–Kier alpha value is -2.15. The molecule has 1 saturated heterocycles. The minimum Gasteiger partial charge on any atom is -0.383 e. The number of carbonyl (C=O) groups is 2. The van der Waals surface area contributed by atoms with E-state index in [1.165, 1.54) is 17.0 Å². The zero-order chi connectivity index (χ0) is 18.0. The first-order valence-electron chi connectivity index (χ1n) is 8.75. The molecule has 2 heterocycles. The maximum Gasteiger partial charge on any atom is 0.251 e. The van der Waals surface area contributed by atoms with Crippen molar-refractivity contribution in [3.63, 3.8) is 0 Å². The fourth-order valence-corrected chi connectivity index (χ4v) is 3.49. The number of carbonyl (C=O) groups excluding carboxylic acids is 2. The third-order valence-electron chi connectivity index (χ3n) is 4.89. The van der Waals surface area contributed by atoms with Crippen molar-refractivity contribution in [3.05, 3.63) is 24.0 Å². The molecule has 2 amide bonds. The molecule has 0 aliphatic carbocycles. The van der Waals surface area contributed by atoms with Crippen molar-refractivity contribution in [2.45, 2.75) is 31.8 Å². The molecular weight excluding hydrogens is 325 g/mol. The van der Waals surface area contributed by atoms with Crippen LogP contribution in [0.4, 0.5) is 15.8 Å². The van der Waals surface area contributed by atoms with Crippen LogP contribution in [0.3, 0.4) is 0 Å². The molecule has 0 aromatic heterocycles. The number of halogens is 1. The Morgan fingerprint density at radius 2 is 2.00 bits per heavy atom. The number of likely N-dealkylation sites (tertiary alicyclic amines) is 1. The van der Waals surface area contributed by atoms with Crippen LogP contribution in [0.15, 0.2) is 18.2 Å². The molecule has 0 radical (unpaired) electrons. The van der Waals surface area contributed by atoms with Crippen molar-refractivity contribution >= 4 is 23.2 Å². The summed E-state index contributed by atoms with van der Waals surface area (Å²) in [4.78, 5) is 30.1. The normalized spacial score (nSPS) is 21.6. The van der Waals surface area contributed by atoms with E-state index in [4.69, 9.17) is 0 Å². The molecule has 1 atom stereocenters. The van der Waals surface area contributed by atoms with E-state index in [1.54, 1.807) is 11.0 Å². The van der Waals surface area contributed by atoms with E-state index in [-0.39, 0.29) is 12.5 Å². The first-order chi connectivity index (χ1) is 12.0. The number of hydrogen-bond donors (Lipinski definition) is 1. The Balaban J connectivity index is 1.83. The molecule has 1 unspecified atom stereocenters. The summed E-state index contributed by atoms with van der Waals surface area (Å²) in [6, 6.07) is 4.43. The fourth-order valence-electron chi connectivity index (χ4n) is 3.49. The van der Waals surface area contributed by atoms with Gasteiger partial charge >= 0.3 is 0 Å². The molecule has 0 spiro atoms. The maximum atomic E-state index is 13.8. The van der Waals surface area contributed by atoms with E-state index in [2.05, 4.69) is 0 Å². The molecule has 3 rings (SSSR count). The number of benzene rings is 1. The van der Waals surface area contributed by atoms with E-state index in [0.29, 0.717) is 25.2 Å². The maximum absolute atomic E-state index is 13.8. The van der Waals surface area contributed by atoms with E-state index < -0.39 is 17.8 Å². The van der Waals surface area contributed by atoms with Gasteiger partial charge in [0, 0.05) is 26.7 Å². The molecule has 1 fully saturated rings. The van der Waals surface area contributed by atoms with Gasteiger partial charge < -0.3 is 19.8 Å². The van der Waals surface area contributed by atoms with Gasteiger partial charge in [0.15, 0.2) is 0 Å². The second-order valence-electron chi connectivity index (χ2n) is 6.72. The summed E-state index contributed by atoms with van der Waals surface area (Å²) in [5, 5.41) is 9.85. The number of nitrogens with zero attached hydrogens (tertiary/aromatic N) is 3. The van der Waals surface area contributed by atoms with Crippen LogP contribution in [0.25, 0.3) is 0 Å². The zero-order valence-electron chi connectivity index (χ0n) is 14.4. The fraction of sp³-hybridized carbons (Fsp3) is 0.556. The summed E-state index contributed by atoms with van der Waals surface area (Å²) in [5.41, 5.74) is 1.34. The Bertz CT molecular complexity index is 667. The lowest BCUT2D eigenvalue weighted by molar-refractivity contribution is -0.142. The van der Waals surface area contributed by atoms with Gasteiger partial charge in [-0.05, 0) is 43.9 Å². The predicted octanol–water partition coefficient (Wildman–Crippen LogP) is 1.37. The standard InChI is InChI=1S/C18H24FN3O3/c1-20-8-4-10-22(15-11-13(19)6-7-14(15)20)17(24)12-21-9-3-2-5-16(23)18(21)25/h6-7,11,16,23H,2-5,8-10,12H2,1H3. The minimum atomic E-state index is -1.03. The summed E-state index contributed by atoms with van der Waals surface area (Å²) >= 11 is 0. The number of fused-ring (bicyclic) bond motifs is 1. The molecular formula is C18H24FN3O3. The van der Waals surface area contributed by atoms with Gasteiger partial charge in [0.05, 0.1) is 11.4 Å². The zero-order valence-corrected chi connectivity index (χ0v) is 14.4. The molecule has 1 aromatic carbocycles. The lowest BCUT2D eigenvalue weighted by Gasteiger charge is -2.28. The van der Waals surface area contributed by atoms with Crippen molar-refractivity contribution in [3.8, 4) is 0 Å². The second kappa shape index (κ2) is 7.39. The average Bonchev–Trinajstić information content (AvgIpc) is 2.84. The van der Waals surface area contributed by atoms with E-state index in [9.17, 15) is 19.1 Å². The van der Waals surface area contributed by atoms with E-state index in [0.717, 1.165) is 31.5 Å². The summed E-state index contributed by atoms with van der Waals surface area (Å²) in [6.45, 7) is 1.62. The van der Waals surface area contributed by atoms with Crippen LogP contribution < -0.4 is 9.80 Å². The molecule has 0 bridgehead atoms. The first kappa shape index (κ1) is 17.7. The van der Waals surface area contributed by atoms with Gasteiger partial charge in [-0.3, -0.25) is 9.59 Å². The topological polar surface area (TPSA) is 64.1 Å². The highest BCUT2D eigenvalue weighted by Gasteiger charge is 2.30. The van der Waals surface area contributed by atoms with Gasteiger partial charge in [-0.25, -0.2) is 4.39 Å². The number of rotatable bonds is 2. The molecule has 0 saturated carbocycles. The highest BCUT2D eigenvalue weighted by molar-refractivity contribution is 6.00. The number of aliphatic hydroxyl groups is 1. The lowest BCUT2D eigenvalue weighted by atomic mass is 10.2. The largest absolute Gasteiger partial charge is 0.383 e. The van der Waals surface area contributed by atoms with Gasteiger partial charge in [-0.15, -0.1) is 0 Å². The van der Waals surface area contributed by atoms with Gasteiger partial charge in [0.25, 0.3) is 5.91 Å². The van der Waals surface area contributed by atoms with Crippen LogP contribution >= 0.6 is 0 Å². The lowest BCUT2D eigenvalue weighted by Crippen LogP contribution is -2.46. The Morgan fingerprint density at radius 3 is 2.80 bits per heavy atom. The predicted molar refractivity (Wildman–Crippen MR) is 93.1 cm³/mol. The summed E-state index contributed by atoms with van der Waals surface area (Å²) < 4.78 is 13.8. The number of amides is 2. The summed E-state index contributed by atoms with van der Waals surface area (Å²) in [6.07, 6.45) is 1.70. The molecule has 7 heteroatoms. The second-order valence-corrected chi connectivity index (χ2v) is 6.72. The quantitative estimate of drug-likeness (QED) is 0.876. The molecule has 2 aliphatic rings. The van der Waals surface area contributed by atoms with Crippen molar-refractivity contribution in [2.75, 3.05) is 43.0 Å². The van der Waals surface area contributed by atoms with Gasteiger partial charge in [0.1, 0.15) is 18.5 Å². The Labute approximate surface area is 146 Å². The van der Waals surface area contributed by atoms with Crippen molar-refractivity contribution < 1.29 is 19.1 Å². The first-order valence-corrected chi connectivity index (χ1v) is 8.75. The minimum absolute atomic E-state index is 0.0877. The SMILES string of the molecule is CN1CCCN(C(=O)CN2CCCCC(O)C2=O)c2cc(F)ccc21. The molecule has 2 aliphatic heterocycles. The van der Waals surface area contributed by atoms with E-state index >= 15 is 0 Å². The van der Waals surface area contributed by atoms with Crippen LogP contribution in [0.2, 0.25) is 0 Å². The van der Waals surface area contributed by atoms with Crippen LogP contribution in [-0.4, -0.2) is 61.2 Å². The highest BCUT2D eigenvalue weighted by Crippen LogP contribution is 2.32. The Morgan fingerprint density at radius 1 is 1.20 bits per heavy atom. The molecule has 1 N–H and O–H groups in total. The number of anilines is 2. The molecule has 25 heavy (non-hydrogen) atoms. The number of aliphatic hydroxyl groups excluding tert-OH is 1. The van der Waals surface area contributed by atoms with Crippen molar-refractivity contribution in [1.82, 2.24) is 4.90 Å². The van der Waals surface area contributed by atoms with Crippen molar-refractivity contribution in [1.29, 1.82) is 0 Å². The van der Waals surface area contributed by atoms with Gasteiger partial charge in [-0.1, -0.05) is 0 Å². The Kier molecular flexibility index (Phi) is 5.22. The summed E-state index contributed by atoms with van der Waals surface area (Å²) in [5.74, 6) is -1.03. The van der Waals surface area contributed by atoms with E-state index in [1.807, 2.05) is 11.9 Å². The molecule has 6 nitrogen and oxygen atoms in total. The smallest absolute Gasteiger partial charge is 0.251 e. The average molecular weight is 349 g/mol. The monoisotopic (exact) mass is 349 g/mol. The van der Waals surface area contributed by atoms with Crippen LogP contribution in [-0.2, 0) is 9.59 Å². The van der Waals surface area contributed by atoms with Gasteiger partial charge in [0.2, 0.25) is 5.91 Å². The van der Waals surface area contributed by atoms with Crippen molar-refractivity contribution in [2.24, 2.45) is 0 Å². The third-order valence-corrected chi connectivity index (χ3v) is 4.89. The van der Waals surface area contributed by atoms with Crippen LogP contribution in [0.5, 0.6) is 0 Å². The van der Waals surface area contributed by atoms with Crippen LogP contribution in [0, 0.1) is 5.82 Å². The van der Waals surface area contributed by atoms with Gasteiger partial charge in [-0.2, -0.15) is 0 Å².